The van der Waals surface area contributed by atoms with Crippen LogP contribution in [0.5, 0.6) is 17.4 Å². The molecule has 38 heavy (non-hydrogen) atoms. The molecule has 0 N–H and O–H groups in total. The Kier molecular flexibility index (Phi) is 5.24. The molecule has 0 radical (unpaired) electrons. The summed E-state index contributed by atoms with van der Waals surface area (Å²) in [5, 5.41) is 5.86. The Hall–Kier alpha value is -4.21. The van der Waals surface area contributed by atoms with Gasteiger partial charge in [0.15, 0.2) is 17.2 Å². The predicted octanol–water partition coefficient (Wildman–Crippen LogP) is 6.61. The number of aromatic nitrogens is 4. The Morgan fingerprint density at radius 3 is 2.76 bits per heavy atom. The van der Waals surface area contributed by atoms with E-state index in [2.05, 4.69) is 26.0 Å². The molecule has 1 unspecified atom stereocenters. The summed E-state index contributed by atoms with van der Waals surface area (Å²) in [4.78, 5) is 22.9. The molecule has 0 saturated carbocycles. The van der Waals surface area contributed by atoms with Crippen LogP contribution in [0, 0.1) is 0 Å². The molecule has 7 rings (SSSR count). The van der Waals surface area contributed by atoms with Crippen molar-refractivity contribution < 1.29 is 13.9 Å². The first-order chi connectivity index (χ1) is 18.5. The van der Waals surface area contributed by atoms with Crippen LogP contribution in [0.15, 0.2) is 86.7 Å². The van der Waals surface area contributed by atoms with Crippen LogP contribution in [-0.2, 0) is 0 Å². The van der Waals surface area contributed by atoms with E-state index in [0.29, 0.717) is 61.5 Å². The summed E-state index contributed by atoms with van der Waals surface area (Å²) in [6.07, 6.45) is 1.54. The number of ether oxygens (including phenoxy) is 2. The summed E-state index contributed by atoms with van der Waals surface area (Å²) in [5.41, 5.74) is 2.86. The number of rotatable bonds is 3. The van der Waals surface area contributed by atoms with E-state index >= 15 is 0 Å². The molecular weight excluding hydrogens is 572 g/mol. The van der Waals surface area contributed by atoms with Crippen LogP contribution in [-0.4, -0.2) is 26.7 Å². The molecule has 0 amide bonds. The third-order valence-electron chi connectivity index (χ3n) is 6.55. The molecule has 0 spiro atoms. The fraction of sp³-hybridized carbons (Fsp3) is 0.0714. The van der Waals surface area contributed by atoms with E-state index in [1.165, 1.54) is 6.33 Å². The zero-order chi connectivity index (χ0) is 26.0. The average molecular weight is 588 g/mol. The molecule has 0 bridgehead atoms. The van der Waals surface area contributed by atoms with E-state index in [1.54, 1.807) is 35.9 Å². The second-order valence-electron chi connectivity index (χ2n) is 8.73. The minimum atomic E-state index is -0.582. The molecule has 4 heterocycles. The summed E-state index contributed by atoms with van der Waals surface area (Å²) in [5.74, 6) is 1.14. The van der Waals surface area contributed by atoms with Crippen molar-refractivity contribution in [1.29, 1.82) is 0 Å². The number of hydrogen-bond acceptors (Lipinski definition) is 7. The molecule has 1 atom stereocenters. The number of benzene rings is 3. The van der Waals surface area contributed by atoms with Crippen LogP contribution in [0.3, 0.4) is 0 Å². The molecule has 6 aromatic rings. The SMILES string of the molecule is COc1ccc(Cl)cc1-c1nc2c3c(ncn2n1)Oc1c(c(=O)oc2ccccc12)C3c1cccc(Br)c1. The molecular formula is C28H16BrClN4O4. The van der Waals surface area contributed by atoms with Crippen molar-refractivity contribution in [3.8, 4) is 28.8 Å². The van der Waals surface area contributed by atoms with E-state index in [9.17, 15) is 4.79 Å². The van der Waals surface area contributed by atoms with Gasteiger partial charge >= 0.3 is 5.63 Å². The highest BCUT2D eigenvalue weighted by molar-refractivity contribution is 9.10. The largest absolute Gasteiger partial charge is 0.496 e. The van der Waals surface area contributed by atoms with Gasteiger partial charge in [0.2, 0.25) is 5.88 Å². The van der Waals surface area contributed by atoms with Gasteiger partial charge in [-0.3, -0.25) is 0 Å². The molecule has 0 aliphatic carbocycles. The summed E-state index contributed by atoms with van der Waals surface area (Å²) >= 11 is 9.84. The summed E-state index contributed by atoms with van der Waals surface area (Å²) in [6, 6.07) is 20.3. The number of methoxy groups -OCH3 is 1. The zero-order valence-electron chi connectivity index (χ0n) is 19.7. The van der Waals surface area contributed by atoms with Crippen LogP contribution in [0.4, 0.5) is 0 Å². The first kappa shape index (κ1) is 22.9. The average Bonchev–Trinajstić information content (AvgIpc) is 3.36. The van der Waals surface area contributed by atoms with E-state index < -0.39 is 11.5 Å². The Balaban J connectivity index is 1.55. The normalized spacial score (nSPS) is 14.2. The molecule has 3 aromatic heterocycles. The van der Waals surface area contributed by atoms with Gasteiger partial charge in [0.1, 0.15) is 17.7 Å². The highest BCUT2D eigenvalue weighted by atomic mass is 79.9. The van der Waals surface area contributed by atoms with Crippen molar-refractivity contribution in [3.05, 3.63) is 110 Å². The van der Waals surface area contributed by atoms with Crippen molar-refractivity contribution in [1.82, 2.24) is 19.6 Å². The standard InChI is InChI=1S/C28H16BrClN4O4/c1-36-19-10-9-16(30)12-18(19)25-32-26-23-21(14-5-4-6-15(29)11-14)22-24(38-27(23)31-13-34(26)33-25)17-7-2-3-8-20(17)37-28(22)35/h2-13,21H,1H3. The van der Waals surface area contributed by atoms with E-state index in [0.717, 1.165) is 10.0 Å². The van der Waals surface area contributed by atoms with Gasteiger partial charge in [-0.05, 0) is 48.0 Å². The van der Waals surface area contributed by atoms with Crippen molar-refractivity contribution in [2.75, 3.05) is 7.11 Å². The van der Waals surface area contributed by atoms with Crippen molar-refractivity contribution in [3.63, 3.8) is 0 Å². The second-order valence-corrected chi connectivity index (χ2v) is 10.1. The highest BCUT2D eigenvalue weighted by Gasteiger charge is 2.37. The fourth-order valence-corrected chi connectivity index (χ4v) is 5.51. The lowest BCUT2D eigenvalue weighted by Gasteiger charge is -2.27. The molecule has 0 fully saturated rings. The number of fused-ring (bicyclic) bond motifs is 6. The molecule has 1 aliphatic rings. The van der Waals surface area contributed by atoms with Crippen LogP contribution < -0.4 is 15.1 Å². The van der Waals surface area contributed by atoms with Crippen LogP contribution in [0.1, 0.15) is 22.6 Å². The lowest BCUT2D eigenvalue weighted by molar-refractivity contribution is 0.416. The monoisotopic (exact) mass is 586 g/mol. The molecule has 0 saturated heterocycles. The summed E-state index contributed by atoms with van der Waals surface area (Å²) < 4.78 is 20.0. The van der Waals surface area contributed by atoms with Gasteiger partial charge in [-0.2, -0.15) is 0 Å². The Morgan fingerprint density at radius 1 is 1.05 bits per heavy atom. The van der Waals surface area contributed by atoms with Gasteiger partial charge in [0.05, 0.1) is 35.1 Å². The topological polar surface area (TPSA) is 91.8 Å². The fourth-order valence-electron chi connectivity index (χ4n) is 4.92. The summed E-state index contributed by atoms with van der Waals surface area (Å²) in [6.45, 7) is 0. The molecule has 8 nitrogen and oxygen atoms in total. The van der Waals surface area contributed by atoms with Gasteiger partial charge in [0.25, 0.3) is 0 Å². The van der Waals surface area contributed by atoms with Gasteiger partial charge in [-0.1, -0.05) is 51.8 Å². The van der Waals surface area contributed by atoms with Crippen molar-refractivity contribution in [2.45, 2.75) is 5.92 Å². The van der Waals surface area contributed by atoms with Crippen molar-refractivity contribution in [2.24, 2.45) is 0 Å². The lowest BCUT2D eigenvalue weighted by atomic mass is 9.84. The van der Waals surface area contributed by atoms with Gasteiger partial charge < -0.3 is 13.9 Å². The minimum absolute atomic E-state index is 0.336. The van der Waals surface area contributed by atoms with E-state index in [1.807, 2.05) is 42.5 Å². The van der Waals surface area contributed by atoms with Crippen LogP contribution >= 0.6 is 27.5 Å². The zero-order valence-corrected chi connectivity index (χ0v) is 22.0. The number of para-hydroxylation sites is 1. The van der Waals surface area contributed by atoms with Gasteiger partial charge in [-0.25, -0.2) is 19.3 Å². The molecule has 186 valence electrons. The Bertz CT molecular complexity index is 1970. The van der Waals surface area contributed by atoms with Gasteiger partial charge in [0, 0.05) is 9.50 Å². The van der Waals surface area contributed by atoms with Gasteiger partial charge in [-0.15, -0.1) is 5.10 Å². The van der Waals surface area contributed by atoms with E-state index in [-0.39, 0.29) is 0 Å². The molecule has 3 aromatic carbocycles. The third-order valence-corrected chi connectivity index (χ3v) is 7.27. The van der Waals surface area contributed by atoms with Crippen LogP contribution in [0.2, 0.25) is 5.02 Å². The smallest absolute Gasteiger partial charge is 0.344 e. The van der Waals surface area contributed by atoms with Crippen LogP contribution in [0.25, 0.3) is 28.0 Å². The van der Waals surface area contributed by atoms with Crippen molar-refractivity contribution >= 4 is 44.1 Å². The maximum absolute atomic E-state index is 13.5. The first-order valence-corrected chi connectivity index (χ1v) is 12.8. The maximum atomic E-state index is 13.5. The summed E-state index contributed by atoms with van der Waals surface area (Å²) in [7, 11) is 1.57. The van der Waals surface area contributed by atoms with E-state index in [4.69, 9.17) is 30.5 Å². The minimum Gasteiger partial charge on any atom is -0.496 e. The number of hydrogen-bond donors (Lipinski definition) is 0. The second kappa shape index (κ2) is 8.68. The molecule has 10 heteroatoms. The highest BCUT2D eigenvalue weighted by Crippen LogP contribution is 2.49. The predicted molar refractivity (Wildman–Crippen MR) is 145 cm³/mol. The first-order valence-electron chi connectivity index (χ1n) is 11.6. The maximum Gasteiger partial charge on any atom is 0.344 e. The molecule has 1 aliphatic heterocycles. The quantitative estimate of drug-likeness (QED) is 0.215. The number of nitrogens with zero attached hydrogens (tertiary/aromatic N) is 4. The third kappa shape index (κ3) is 3.50. The Morgan fingerprint density at radius 2 is 1.92 bits per heavy atom. The lowest BCUT2D eigenvalue weighted by Crippen LogP contribution is -2.22. The number of halogens is 2. The Labute approximate surface area is 228 Å².